The van der Waals surface area contributed by atoms with E-state index in [1.807, 2.05) is 0 Å². The molecule has 0 saturated heterocycles. The number of methoxy groups -OCH3 is 2. The fourth-order valence-electron chi connectivity index (χ4n) is 2.09. The molecule has 20 heavy (non-hydrogen) atoms. The molecule has 0 aliphatic heterocycles. The molecule has 1 rings (SSSR count). The fourth-order valence-corrected chi connectivity index (χ4v) is 2.09. The summed E-state index contributed by atoms with van der Waals surface area (Å²) in [7, 11) is 3.02. The van der Waals surface area contributed by atoms with Gasteiger partial charge in [-0.05, 0) is 30.0 Å². The predicted molar refractivity (Wildman–Crippen MR) is 71.2 cm³/mol. The summed E-state index contributed by atoms with van der Waals surface area (Å²) in [6.45, 7) is 1.60. The van der Waals surface area contributed by atoms with Crippen LogP contribution in [0.5, 0.6) is 11.5 Å². The molecule has 0 unspecified atom stereocenters. The van der Waals surface area contributed by atoms with Crippen LogP contribution >= 0.6 is 0 Å². The summed E-state index contributed by atoms with van der Waals surface area (Å²) in [4.78, 5) is 21.9. The zero-order chi connectivity index (χ0) is 15.3. The monoisotopic (exact) mass is 282 g/mol. The van der Waals surface area contributed by atoms with E-state index in [-0.39, 0.29) is 0 Å². The maximum atomic E-state index is 11.0. The zero-order valence-electron chi connectivity index (χ0n) is 11.6. The van der Waals surface area contributed by atoms with Crippen LogP contribution in [0.4, 0.5) is 0 Å². The minimum absolute atomic E-state index is 0.323. The van der Waals surface area contributed by atoms with Gasteiger partial charge in [0.15, 0.2) is 17.4 Å². The average molecular weight is 282 g/mol. The molecule has 1 atom stereocenters. The van der Waals surface area contributed by atoms with Gasteiger partial charge in [0.1, 0.15) is 0 Å². The van der Waals surface area contributed by atoms with E-state index in [4.69, 9.17) is 19.7 Å². The fraction of sp³-hybridized carbons (Fsp3) is 0.429. The van der Waals surface area contributed by atoms with E-state index in [0.29, 0.717) is 17.9 Å². The van der Waals surface area contributed by atoms with Crippen LogP contribution in [0.15, 0.2) is 18.2 Å². The van der Waals surface area contributed by atoms with E-state index in [0.717, 1.165) is 5.56 Å². The number of rotatable bonds is 7. The Kier molecular flexibility index (Phi) is 5.37. The first kappa shape index (κ1) is 15.8. The van der Waals surface area contributed by atoms with Gasteiger partial charge in [-0.3, -0.25) is 9.59 Å². The lowest BCUT2D eigenvalue weighted by Gasteiger charge is -2.17. The van der Waals surface area contributed by atoms with Crippen LogP contribution in [0.25, 0.3) is 0 Å². The van der Waals surface area contributed by atoms with Crippen molar-refractivity contribution in [1.82, 2.24) is 0 Å². The second-order valence-electron chi connectivity index (χ2n) is 4.52. The van der Waals surface area contributed by atoms with Crippen molar-refractivity contribution in [2.24, 2.45) is 11.8 Å². The highest BCUT2D eigenvalue weighted by atomic mass is 16.5. The minimum Gasteiger partial charge on any atom is -0.493 e. The van der Waals surface area contributed by atoms with Gasteiger partial charge in [-0.1, -0.05) is 13.0 Å². The van der Waals surface area contributed by atoms with Crippen molar-refractivity contribution < 1.29 is 29.3 Å². The third-order valence-electron chi connectivity index (χ3n) is 3.11. The highest BCUT2D eigenvalue weighted by Crippen LogP contribution is 2.29. The number of aliphatic carboxylic acids is 2. The van der Waals surface area contributed by atoms with Gasteiger partial charge in [-0.15, -0.1) is 0 Å². The maximum absolute atomic E-state index is 11.0. The molecule has 0 aliphatic rings. The molecule has 110 valence electrons. The van der Waals surface area contributed by atoms with Crippen LogP contribution in [0, 0.1) is 11.8 Å². The minimum atomic E-state index is -1.43. The van der Waals surface area contributed by atoms with Crippen molar-refractivity contribution in [3.05, 3.63) is 23.8 Å². The third kappa shape index (κ3) is 3.63. The standard InChI is InChI=1S/C14H18O6/c1-8(12(13(15)16)14(17)18)6-9-4-5-10(19-2)11(7-9)20-3/h4-5,7-8,12H,6H2,1-3H3,(H,15,16)(H,17,18)/t8-/m0/s1. The molecule has 1 aromatic rings. The lowest BCUT2D eigenvalue weighted by atomic mass is 9.88. The molecular formula is C14H18O6. The Morgan fingerprint density at radius 2 is 1.65 bits per heavy atom. The van der Waals surface area contributed by atoms with Crippen molar-refractivity contribution in [2.75, 3.05) is 14.2 Å². The number of hydrogen-bond acceptors (Lipinski definition) is 4. The zero-order valence-corrected chi connectivity index (χ0v) is 11.6. The Morgan fingerprint density at radius 1 is 1.10 bits per heavy atom. The van der Waals surface area contributed by atoms with Crippen molar-refractivity contribution >= 4 is 11.9 Å². The number of hydrogen-bond donors (Lipinski definition) is 2. The van der Waals surface area contributed by atoms with E-state index in [2.05, 4.69) is 0 Å². The van der Waals surface area contributed by atoms with Crippen LogP contribution < -0.4 is 9.47 Å². The Bertz CT molecular complexity index is 482. The molecule has 0 bridgehead atoms. The smallest absolute Gasteiger partial charge is 0.318 e. The highest BCUT2D eigenvalue weighted by Gasteiger charge is 2.32. The normalized spacial score (nSPS) is 12.0. The molecule has 6 nitrogen and oxygen atoms in total. The van der Waals surface area contributed by atoms with Gasteiger partial charge in [-0.2, -0.15) is 0 Å². The van der Waals surface area contributed by atoms with E-state index in [9.17, 15) is 9.59 Å². The number of ether oxygens (including phenoxy) is 2. The van der Waals surface area contributed by atoms with Crippen LogP contribution in [-0.4, -0.2) is 36.4 Å². The number of carbonyl (C=O) groups is 2. The maximum Gasteiger partial charge on any atom is 0.318 e. The molecule has 0 amide bonds. The summed E-state index contributed by atoms with van der Waals surface area (Å²) in [5, 5.41) is 17.9. The van der Waals surface area contributed by atoms with Crippen molar-refractivity contribution in [3.63, 3.8) is 0 Å². The number of benzene rings is 1. The van der Waals surface area contributed by atoms with Crippen LogP contribution in [0.2, 0.25) is 0 Å². The van der Waals surface area contributed by atoms with Crippen molar-refractivity contribution in [1.29, 1.82) is 0 Å². The number of carboxylic acid groups (broad SMARTS) is 2. The Morgan fingerprint density at radius 3 is 2.10 bits per heavy atom. The topological polar surface area (TPSA) is 93.1 Å². The first-order chi connectivity index (χ1) is 9.40. The quantitative estimate of drug-likeness (QED) is 0.739. The van der Waals surface area contributed by atoms with Crippen LogP contribution in [0.1, 0.15) is 12.5 Å². The highest BCUT2D eigenvalue weighted by molar-refractivity contribution is 5.93. The first-order valence-corrected chi connectivity index (χ1v) is 6.07. The molecule has 0 heterocycles. The average Bonchev–Trinajstić information content (AvgIpc) is 2.37. The van der Waals surface area contributed by atoms with Gasteiger partial charge >= 0.3 is 11.9 Å². The summed E-state index contributed by atoms with van der Waals surface area (Å²) >= 11 is 0. The van der Waals surface area contributed by atoms with E-state index < -0.39 is 23.8 Å². The third-order valence-corrected chi connectivity index (χ3v) is 3.11. The molecule has 2 N–H and O–H groups in total. The Labute approximate surface area is 116 Å². The predicted octanol–water partition coefficient (Wildman–Crippen LogP) is 1.67. The SMILES string of the molecule is COc1ccc(C[C@H](C)C(C(=O)O)C(=O)O)cc1OC. The molecule has 6 heteroatoms. The van der Waals surface area contributed by atoms with Gasteiger partial charge < -0.3 is 19.7 Å². The summed E-state index contributed by atoms with van der Waals surface area (Å²) in [5.74, 6) is -3.53. The lowest BCUT2D eigenvalue weighted by Crippen LogP contribution is -2.30. The molecule has 0 fully saturated rings. The summed E-state index contributed by atoms with van der Waals surface area (Å²) in [6, 6.07) is 5.19. The van der Waals surface area contributed by atoms with E-state index in [1.165, 1.54) is 14.2 Å². The molecule has 0 aromatic heterocycles. The molecule has 1 aromatic carbocycles. The van der Waals surface area contributed by atoms with Gasteiger partial charge in [0.05, 0.1) is 14.2 Å². The van der Waals surface area contributed by atoms with Crippen LogP contribution in [0.3, 0.4) is 0 Å². The Balaban J connectivity index is 2.92. The summed E-state index contributed by atoms with van der Waals surface area (Å²) < 4.78 is 10.3. The largest absolute Gasteiger partial charge is 0.493 e. The van der Waals surface area contributed by atoms with Crippen LogP contribution in [-0.2, 0) is 16.0 Å². The van der Waals surface area contributed by atoms with Gasteiger partial charge in [0.25, 0.3) is 0 Å². The molecule has 0 saturated carbocycles. The lowest BCUT2D eigenvalue weighted by molar-refractivity contribution is -0.156. The summed E-state index contributed by atoms with van der Waals surface area (Å²) in [6.07, 6.45) is 0.323. The second-order valence-corrected chi connectivity index (χ2v) is 4.52. The van der Waals surface area contributed by atoms with Gasteiger partial charge in [0.2, 0.25) is 0 Å². The molecule has 0 spiro atoms. The Hall–Kier alpha value is -2.24. The van der Waals surface area contributed by atoms with E-state index in [1.54, 1.807) is 25.1 Å². The summed E-state index contributed by atoms with van der Waals surface area (Å²) in [5.41, 5.74) is 0.794. The molecule has 0 radical (unpaired) electrons. The van der Waals surface area contributed by atoms with Crippen molar-refractivity contribution in [2.45, 2.75) is 13.3 Å². The van der Waals surface area contributed by atoms with Gasteiger partial charge in [0, 0.05) is 0 Å². The van der Waals surface area contributed by atoms with E-state index >= 15 is 0 Å². The molecular weight excluding hydrogens is 264 g/mol. The van der Waals surface area contributed by atoms with Crippen molar-refractivity contribution in [3.8, 4) is 11.5 Å². The second kappa shape index (κ2) is 6.79. The molecule has 0 aliphatic carbocycles. The van der Waals surface area contributed by atoms with Gasteiger partial charge in [-0.25, -0.2) is 0 Å². The first-order valence-electron chi connectivity index (χ1n) is 6.07. The number of carboxylic acids is 2.